The molecule has 4 aromatic heterocycles. The van der Waals surface area contributed by atoms with Crippen molar-refractivity contribution in [2.75, 3.05) is 13.1 Å². The van der Waals surface area contributed by atoms with E-state index in [9.17, 15) is 61.9 Å². The fourth-order valence-electron chi connectivity index (χ4n) is 9.16. The summed E-state index contributed by atoms with van der Waals surface area (Å²) in [7, 11) is -8.54. The Bertz CT molecular complexity index is 3670. The molecule has 0 bridgehead atoms. The monoisotopic (exact) mass is 1140 g/mol. The van der Waals surface area contributed by atoms with Crippen LogP contribution in [0.5, 0.6) is 0 Å². The normalized spacial score (nSPS) is 12.0. The SMILES string of the molecule is Cc1ccc(S(=O)(=O)[O-])cc1.Cc1ccc(S(=O)(=O)[O-])cc1.O=C(NCCCCCCc1ncc2ccc3c[nH+]cc4ccc1c2c34)C(F)(F)F.O=C(NCCCCCCc1ncc2ccc3c[nH+]cc4ccc1c2c34)C(F)(F)F. The van der Waals surface area contributed by atoms with Crippen LogP contribution >= 0.6 is 0 Å². The Kier molecular flexibility index (Phi) is 19.6. The van der Waals surface area contributed by atoms with Crippen molar-refractivity contribution in [3.05, 3.63) is 157 Å². The minimum absolute atomic E-state index is 0.0480. The molecule has 2 amide bonds. The van der Waals surface area contributed by atoms with Gasteiger partial charge in [0.2, 0.25) is 0 Å². The summed E-state index contributed by atoms with van der Waals surface area (Å²) in [6.45, 7) is 3.74. The average molecular weight is 1140 g/mol. The number of aryl methyl sites for hydroxylation is 4. The summed E-state index contributed by atoms with van der Waals surface area (Å²) >= 11 is 0. The molecule has 0 spiro atoms. The number of aromatic nitrogens is 4. The van der Waals surface area contributed by atoms with Gasteiger partial charge in [-0.1, -0.05) is 85.3 Å². The number of aromatic amines is 2. The van der Waals surface area contributed by atoms with Crippen LogP contribution in [0, 0.1) is 13.8 Å². The number of halogens is 6. The van der Waals surface area contributed by atoms with E-state index in [2.05, 4.69) is 68.5 Å². The van der Waals surface area contributed by atoms with Crippen molar-refractivity contribution in [2.24, 2.45) is 0 Å². The van der Waals surface area contributed by atoms with Crippen molar-refractivity contribution < 1.29 is 71.8 Å². The Morgan fingerprint density at radius 2 is 0.762 bits per heavy atom. The summed E-state index contributed by atoms with van der Waals surface area (Å²) in [4.78, 5) is 36.8. The molecule has 0 saturated heterocycles. The fourth-order valence-corrected chi connectivity index (χ4v) is 10.1. The maximum Gasteiger partial charge on any atom is 0.471 e. The second-order valence-electron chi connectivity index (χ2n) is 19.1. The third kappa shape index (κ3) is 15.8. The van der Waals surface area contributed by atoms with Gasteiger partial charge in [-0.05, 0) is 101 Å². The number of unbranched alkanes of at least 4 members (excludes halogenated alkanes) is 6. The van der Waals surface area contributed by atoms with Gasteiger partial charge in [0, 0.05) is 102 Å². The lowest BCUT2D eigenvalue weighted by molar-refractivity contribution is -0.374. The molecule has 420 valence electrons. The zero-order chi connectivity index (χ0) is 57.8. The van der Waals surface area contributed by atoms with Crippen molar-refractivity contribution in [3.8, 4) is 0 Å². The van der Waals surface area contributed by atoms with Crippen LogP contribution < -0.4 is 20.6 Å². The van der Waals surface area contributed by atoms with Crippen molar-refractivity contribution in [3.63, 3.8) is 0 Å². The highest BCUT2D eigenvalue weighted by Crippen LogP contribution is 2.36. The van der Waals surface area contributed by atoms with Crippen LogP contribution in [0.25, 0.3) is 64.6 Å². The zero-order valence-corrected chi connectivity index (χ0v) is 45.1. The highest BCUT2D eigenvalue weighted by Gasteiger charge is 2.38. The topological polar surface area (TPSA) is 227 Å². The predicted octanol–water partition coefficient (Wildman–Crippen LogP) is 10.9. The molecule has 80 heavy (non-hydrogen) atoms. The summed E-state index contributed by atoms with van der Waals surface area (Å²) in [5.41, 5.74) is 3.95. The highest BCUT2D eigenvalue weighted by molar-refractivity contribution is 7.86. The van der Waals surface area contributed by atoms with E-state index in [-0.39, 0.29) is 22.9 Å². The van der Waals surface area contributed by atoms with Gasteiger partial charge in [-0.25, -0.2) is 26.8 Å². The van der Waals surface area contributed by atoms with Gasteiger partial charge in [0.15, 0.2) is 24.8 Å². The average Bonchev–Trinajstić information content (AvgIpc) is 3.48. The molecular formula is C58H56F6N6O8S2. The second kappa shape index (κ2) is 26.1. The van der Waals surface area contributed by atoms with Crippen LogP contribution in [0.2, 0.25) is 0 Å². The molecule has 6 aromatic carbocycles. The van der Waals surface area contributed by atoms with E-state index < -0.39 is 44.4 Å². The number of alkyl halides is 6. The fraction of sp³-hybridized carbons (Fsp3) is 0.276. The maximum absolute atomic E-state index is 12.1. The molecule has 0 aliphatic rings. The van der Waals surface area contributed by atoms with Crippen molar-refractivity contribution in [2.45, 2.75) is 100 Å². The van der Waals surface area contributed by atoms with E-state index in [1.165, 1.54) is 67.4 Å². The molecule has 0 saturated carbocycles. The van der Waals surface area contributed by atoms with Gasteiger partial charge in [-0.2, -0.15) is 26.3 Å². The Hall–Kier alpha value is -7.66. The van der Waals surface area contributed by atoms with Crippen molar-refractivity contribution >= 4 is 96.7 Å². The van der Waals surface area contributed by atoms with Crippen LogP contribution in [-0.2, 0) is 42.7 Å². The molecule has 0 fully saturated rings. The number of nitrogens with one attached hydrogen (secondary N) is 4. The minimum Gasteiger partial charge on any atom is -0.744 e. The predicted molar refractivity (Wildman–Crippen MR) is 290 cm³/mol. The number of amides is 2. The lowest BCUT2D eigenvalue weighted by Gasteiger charge is -2.12. The molecule has 10 aromatic rings. The Labute approximate surface area is 457 Å². The molecule has 22 heteroatoms. The first-order chi connectivity index (χ1) is 37.9. The Balaban J connectivity index is 0.000000169. The third-order valence-corrected chi connectivity index (χ3v) is 14.9. The molecule has 4 heterocycles. The molecule has 4 N–H and O–H groups in total. The van der Waals surface area contributed by atoms with Crippen LogP contribution in [0.3, 0.4) is 0 Å². The molecule has 14 nitrogen and oxygen atoms in total. The highest BCUT2D eigenvalue weighted by atomic mass is 32.2. The standard InChI is InChI=1S/2C22H20F3N3O.2C7H8O3S/c2*23-22(24,25)21(29)27-10-4-2-1-3-5-18-17-9-8-15-12-26-11-14-6-7-16(13-28-18)20(17)19(14)15;2*1-6-2-4-7(5-3-6)11(8,9)10/h2*6-9,11-13H,1-5,10H2,(H,27,29);2*2-5H,1H3,(H,8,9,10). The largest absolute Gasteiger partial charge is 0.744 e. The van der Waals surface area contributed by atoms with Gasteiger partial charge >= 0.3 is 24.2 Å². The molecule has 0 radical (unpaired) electrons. The number of pyridine rings is 4. The first-order valence-electron chi connectivity index (χ1n) is 25.5. The lowest BCUT2D eigenvalue weighted by atomic mass is 9.95. The van der Waals surface area contributed by atoms with Crippen LogP contribution in [-0.4, -0.2) is 73.2 Å². The molecular weight excluding hydrogens is 1090 g/mol. The quantitative estimate of drug-likeness (QED) is 0.0402. The van der Waals surface area contributed by atoms with Crippen molar-refractivity contribution in [1.29, 1.82) is 0 Å². The summed E-state index contributed by atoms with van der Waals surface area (Å²) in [6, 6.07) is 28.4. The zero-order valence-electron chi connectivity index (χ0n) is 43.4. The molecule has 0 aliphatic heterocycles. The maximum atomic E-state index is 12.1. The second-order valence-corrected chi connectivity index (χ2v) is 21.8. The first-order valence-corrected chi connectivity index (χ1v) is 28.3. The number of hydrogen-bond donors (Lipinski definition) is 2. The number of rotatable bonds is 16. The number of hydrogen-bond acceptors (Lipinski definition) is 10. The van der Waals surface area contributed by atoms with E-state index in [0.29, 0.717) is 12.8 Å². The van der Waals surface area contributed by atoms with E-state index in [1.807, 2.05) is 61.7 Å². The summed E-state index contributed by atoms with van der Waals surface area (Å²) in [6.07, 6.45) is 9.99. The number of carbonyl (C=O) groups excluding carboxylic acids is 2. The Morgan fingerprint density at radius 1 is 0.450 bits per heavy atom. The molecule has 0 atom stereocenters. The lowest BCUT2D eigenvalue weighted by Crippen LogP contribution is -2.37. The Morgan fingerprint density at radius 3 is 1.09 bits per heavy atom. The van der Waals surface area contributed by atoms with E-state index in [0.717, 1.165) is 95.4 Å². The van der Waals surface area contributed by atoms with Gasteiger partial charge in [0.05, 0.1) is 9.79 Å². The number of benzene rings is 6. The molecule has 0 unspecified atom stereocenters. The van der Waals surface area contributed by atoms with Gasteiger partial charge in [0.25, 0.3) is 0 Å². The van der Waals surface area contributed by atoms with Gasteiger partial charge in [0.1, 0.15) is 20.2 Å². The number of carbonyl (C=O) groups is 2. The summed E-state index contributed by atoms with van der Waals surface area (Å²) in [5.74, 6) is -3.74. The van der Waals surface area contributed by atoms with Crippen LogP contribution in [0.4, 0.5) is 26.3 Å². The van der Waals surface area contributed by atoms with Crippen LogP contribution in [0.1, 0.15) is 73.9 Å². The minimum atomic E-state index is -4.81. The van der Waals surface area contributed by atoms with Crippen LogP contribution in [0.15, 0.2) is 144 Å². The molecule has 0 aliphatic carbocycles. The van der Waals surface area contributed by atoms with Gasteiger partial charge < -0.3 is 19.7 Å². The van der Waals surface area contributed by atoms with Gasteiger partial charge in [-0.15, -0.1) is 0 Å². The third-order valence-electron chi connectivity index (χ3n) is 13.2. The first kappa shape index (κ1) is 60.0. The number of H-pyrrole nitrogens is 2. The van der Waals surface area contributed by atoms with E-state index in [1.54, 1.807) is 24.3 Å². The smallest absolute Gasteiger partial charge is 0.471 e. The molecule has 10 rings (SSSR count). The number of nitrogens with zero attached hydrogens (tertiary/aromatic N) is 2. The summed E-state index contributed by atoms with van der Waals surface area (Å²) in [5, 5.41) is 18.0. The van der Waals surface area contributed by atoms with E-state index in [4.69, 9.17) is 0 Å². The summed E-state index contributed by atoms with van der Waals surface area (Å²) < 4.78 is 135. The van der Waals surface area contributed by atoms with Crippen molar-refractivity contribution in [1.82, 2.24) is 20.6 Å². The van der Waals surface area contributed by atoms with E-state index >= 15 is 0 Å². The van der Waals surface area contributed by atoms with Gasteiger partial charge in [-0.3, -0.25) is 19.6 Å².